The van der Waals surface area contributed by atoms with Crippen LogP contribution in [0, 0.1) is 0 Å². The van der Waals surface area contributed by atoms with Gasteiger partial charge in [-0.1, -0.05) is 19.1 Å². The minimum atomic E-state index is 0.127. The lowest BCUT2D eigenvalue weighted by Crippen LogP contribution is -2.27. The molecule has 0 amide bonds. The van der Waals surface area contributed by atoms with E-state index >= 15 is 0 Å². The van der Waals surface area contributed by atoms with Gasteiger partial charge in [-0.25, -0.2) is 0 Å². The van der Waals surface area contributed by atoms with Gasteiger partial charge in [-0.2, -0.15) is 0 Å². The lowest BCUT2D eigenvalue weighted by atomic mass is 10.1. The summed E-state index contributed by atoms with van der Waals surface area (Å²) in [6.07, 6.45) is 3.32. The molecule has 3 nitrogen and oxygen atoms in total. The summed E-state index contributed by atoms with van der Waals surface area (Å²) in [7, 11) is 0. The molecule has 0 spiro atoms. The van der Waals surface area contributed by atoms with Crippen LogP contribution in [0.1, 0.15) is 37.8 Å². The van der Waals surface area contributed by atoms with Crippen molar-refractivity contribution in [1.82, 2.24) is 0 Å². The molecule has 0 radical (unpaired) electrons. The molecule has 0 aliphatic carbocycles. The topological polar surface area (TPSA) is 44.5 Å². The van der Waals surface area contributed by atoms with E-state index in [1.165, 1.54) is 5.56 Å². The summed E-state index contributed by atoms with van der Waals surface area (Å²) in [5, 5.41) is 0. The first kappa shape index (κ1) is 12.4. The molecule has 1 heterocycles. The van der Waals surface area contributed by atoms with Crippen molar-refractivity contribution in [2.75, 3.05) is 13.2 Å². The van der Waals surface area contributed by atoms with Crippen molar-refractivity contribution in [2.24, 2.45) is 5.73 Å². The van der Waals surface area contributed by atoms with E-state index in [-0.39, 0.29) is 12.1 Å². The molecule has 0 aromatic heterocycles. The lowest BCUT2D eigenvalue weighted by molar-refractivity contribution is 0.00742. The van der Waals surface area contributed by atoms with Crippen LogP contribution < -0.4 is 10.5 Å². The van der Waals surface area contributed by atoms with Gasteiger partial charge in [0.25, 0.3) is 0 Å². The lowest BCUT2D eigenvalue weighted by Gasteiger charge is -2.23. The number of nitrogens with two attached hydrogens (primary N) is 1. The van der Waals surface area contributed by atoms with E-state index in [1.807, 2.05) is 24.3 Å². The number of ether oxygens (including phenoxy) is 2. The van der Waals surface area contributed by atoms with Gasteiger partial charge < -0.3 is 15.2 Å². The van der Waals surface area contributed by atoms with E-state index in [0.29, 0.717) is 6.61 Å². The minimum absolute atomic E-state index is 0.127. The van der Waals surface area contributed by atoms with Crippen LogP contribution in [0.2, 0.25) is 0 Å². The van der Waals surface area contributed by atoms with E-state index in [9.17, 15) is 0 Å². The van der Waals surface area contributed by atoms with Crippen molar-refractivity contribution in [3.8, 4) is 5.75 Å². The molecule has 1 aliphatic rings. The first-order valence-electron chi connectivity index (χ1n) is 6.39. The van der Waals surface area contributed by atoms with E-state index in [1.54, 1.807) is 0 Å². The van der Waals surface area contributed by atoms with Crippen LogP contribution >= 0.6 is 0 Å². The van der Waals surface area contributed by atoms with Gasteiger partial charge in [0, 0.05) is 12.6 Å². The molecule has 2 N–H and O–H groups in total. The van der Waals surface area contributed by atoms with Crippen LogP contribution in [0.15, 0.2) is 24.3 Å². The summed E-state index contributed by atoms with van der Waals surface area (Å²) >= 11 is 0. The molecular formula is C14H21NO2. The summed E-state index contributed by atoms with van der Waals surface area (Å²) in [5.74, 6) is 0.910. The normalized spacial score (nSPS) is 22.1. The Balaban J connectivity index is 1.93. The number of hydrogen-bond donors (Lipinski definition) is 1. The summed E-state index contributed by atoms with van der Waals surface area (Å²) in [6, 6.07) is 8.22. The fourth-order valence-electron chi connectivity index (χ4n) is 2.03. The van der Waals surface area contributed by atoms with Crippen LogP contribution in [0.5, 0.6) is 5.75 Å². The molecule has 1 aromatic rings. The van der Waals surface area contributed by atoms with Crippen molar-refractivity contribution in [3.05, 3.63) is 29.8 Å². The molecule has 17 heavy (non-hydrogen) atoms. The molecule has 94 valence electrons. The molecule has 1 saturated heterocycles. The second-order valence-electron chi connectivity index (χ2n) is 4.54. The maximum Gasteiger partial charge on any atom is 0.122 e. The maximum atomic E-state index is 5.97. The number of hydrogen-bond acceptors (Lipinski definition) is 3. The highest BCUT2D eigenvalue weighted by Gasteiger charge is 2.15. The van der Waals surface area contributed by atoms with E-state index in [0.717, 1.165) is 31.6 Å². The Labute approximate surface area is 103 Å². The fraction of sp³-hybridized carbons (Fsp3) is 0.571. The third-order valence-corrected chi connectivity index (χ3v) is 3.17. The molecule has 0 saturated carbocycles. The van der Waals surface area contributed by atoms with Gasteiger partial charge in [-0.05, 0) is 37.0 Å². The predicted octanol–water partition coefficient (Wildman–Crippen LogP) is 2.65. The Kier molecular flexibility index (Phi) is 4.40. The first-order valence-corrected chi connectivity index (χ1v) is 6.39. The van der Waals surface area contributed by atoms with E-state index in [2.05, 4.69) is 6.92 Å². The highest BCUT2D eigenvalue weighted by Crippen LogP contribution is 2.21. The summed E-state index contributed by atoms with van der Waals surface area (Å²) < 4.78 is 11.2. The molecule has 3 heteroatoms. The van der Waals surface area contributed by atoms with E-state index < -0.39 is 0 Å². The van der Waals surface area contributed by atoms with Gasteiger partial charge in [-0.15, -0.1) is 0 Å². The Morgan fingerprint density at radius 3 is 2.76 bits per heavy atom. The Bertz CT molecular complexity index is 331. The smallest absolute Gasteiger partial charge is 0.122 e. The van der Waals surface area contributed by atoms with Gasteiger partial charge in [-0.3, -0.25) is 0 Å². The third kappa shape index (κ3) is 3.45. The molecule has 1 unspecified atom stereocenters. The van der Waals surface area contributed by atoms with Gasteiger partial charge in [0.05, 0.1) is 6.61 Å². The van der Waals surface area contributed by atoms with Crippen molar-refractivity contribution < 1.29 is 9.47 Å². The average molecular weight is 235 g/mol. The van der Waals surface area contributed by atoms with Gasteiger partial charge in [0.15, 0.2) is 0 Å². The van der Waals surface area contributed by atoms with E-state index in [4.69, 9.17) is 15.2 Å². The first-order chi connectivity index (χ1) is 8.29. The van der Waals surface area contributed by atoms with Crippen LogP contribution in [-0.2, 0) is 4.74 Å². The van der Waals surface area contributed by atoms with Crippen LogP contribution in [0.25, 0.3) is 0 Å². The standard InChI is InChI=1S/C14H21NO2/c1-2-14(15)11-5-7-12(8-6-11)17-13-4-3-9-16-10-13/h5-8,13-14H,2-4,9-10,15H2,1H3/t13?,14-/m1/s1. The zero-order valence-corrected chi connectivity index (χ0v) is 10.4. The summed E-state index contributed by atoms with van der Waals surface area (Å²) in [4.78, 5) is 0. The van der Waals surface area contributed by atoms with Crippen molar-refractivity contribution in [3.63, 3.8) is 0 Å². The Morgan fingerprint density at radius 1 is 1.41 bits per heavy atom. The molecule has 2 rings (SSSR count). The van der Waals surface area contributed by atoms with Crippen LogP contribution in [0.4, 0.5) is 0 Å². The Morgan fingerprint density at radius 2 is 2.18 bits per heavy atom. The molecular weight excluding hydrogens is 214 g/mol. The molecule has 0 bridgehead atoms. The van der Waals surface area contributed by atoms with Gasteiger partial charge in [0.2, 0.25) is 0 Å². The maximum absolute atomic E-state index is 5.97. The third-order valence-electron chi connectivity index (χ3n) is 3.17. The van der Waals surface area contributed by atoms with Gasteiger partial charge >= 0.3 is 0 Å². The van der Waals surface area contributed by atoms with Crippen molar-refractivity contribution in [1.29, 1.82) is 0 Å². The highest BCUT2D eigenvalue weighted by molar-refractivity contribution is 5.29. The average Bonchev–Trinajstić information content (AvgIpc) is 2.40. The monoisotopic (exact) mass is 235 g/mol. The Hall–Kier alpha value is -1.06. The molecule has 2 atom stereocenters. The van der Waals surface area contributed by atoms with Gasteiger partial charge in [0.1, 0.15) is 11.9 Å². The van der Waals surface area contributed by atoms with Crippen LogP contribution in [-0.4, -0.2) is 19.3 Å². The van der Waals surface area contributed by atoms with Crippen LogP contribution in [0.3, 0.4) is 0 Å². The number of benzene rings is 1. The van der Waals surface area contributed by atoms with Crippen molar-refractivity contribution >= 4 is 0 Å². The zero-order valence-electron chi connectivity index (χ0n) is 10.4. The molecule has 1 fully saturated rings. The number of rotatable bonds is 4. The fourth-order valence-corrected chi connectivity index (χ4v) is 2.03. The minimum Gasteiger partial charge on any atom is -0.488 e. The summed E-state index contributed by atoms with van der Waals surface area (Å²) in [5.41, 5.74) is 7.13. The quantitative estimate of drug-likeness (QED) is 0.872. The predicted molar refractivity (Wildman–Crippen MR) is 68.1 cm³/mol. The second-order valence-corrected chi connectivity index (χ2v) is 4.54. The zero-order chi connectivity index (χ0) is 12.1. The molecule has 1 aromatic carbocycles. The largest absolute Gasteiger partial charge is 0.488 e. The van der Waals surface area contributed by atoms with Crippen molar-refractivity contribution in [2.45, 2.75) is 38.3 Å². The second kappa shape index (κ2) is 6.03. The summed E-state index contributed by atoms with van der Waals surface area (Å²) in [6.45, 7) is 3.66. The SMILES string of the molecule is CC[C@@H](N)c1ccc(OC2CCCOC2)cc1. The highest BCUT2D eigenvalue weighted by atomic mass is 16.5. The molecule has 1 aliphatic heterocycles.